The van der Waals surface area contributed by atoms with Crippen molar-refractivity contribution in [3.8, 4) is 0 Å². The molecule has 34 heavy (non-hydrogen) atoms. The largest absolute Gasteiger partial charge is 0.339 e. The molecule has 0 aliphatic rings. The lowest BCUT2D eigenvalue weighted by atomic mass is 9.89. The zero-order valence-electron chi connectivity index (χ0n) is 19.8. The second kappa shape index (κ2) is 11.4. The lowest BCUT2D eigenvalue weighted by Gasteiger charge is -2.17. The van der Waals surface area contributed by atoms with Crippen LogP contribution in [0.25, 0.3) is 10.8 Å². The Hall–Kier alpha value is -3.74. The molecule has 0 aliphatic heterocycles. The molecule has 1 unspecified atom stereocenters. The van der Waals surface area contributed by atoms with Gasteiger partial charge >= 0.3 is 0 Å². The van der Waals surface area contributed by atoms with Crippen molar-refractivity contribution in [2.24, 2.45) is 0 Å². The topological polar surface area (TPSA) is 95.6 Å². The number of rotatable bonds is 11. The molecule has 1 atom stereocenters. The normalized spacial score (nSPS) is 11.9. The van der Waals surface area contributed by atoms with E-state index in [2.05, 4.69) is 68.7 Å². The Balaban J connectivity index is 1.61. The van der Waals surface area contributed by atoms with Crippen LogP contribution >= 0.6 is 0 Å². The highest BCUT2D eigenvalue weighted by Crippen LogP contribution is 2.30. The number of pyridine rings is 2. The number of H-pyrrole nitrogens is 1. The zero-order valence-corrected chi connectivity index (χ0v) is 19.8. The first kappa shape index (κ1) is 23.4. The van der Waals surface area contributed by atoms with E-state index < -0.39 is 0 Å². The average Bonchev–Trinajstić information content (AvgIpc) is 2.85. The van der Waals surface area contributed by atoms with E-state index in [4.69, 9.17) is 0 Å². The van der Waals surface area contributed by atoms with E-state index in [9.17, 15) is 4.79 Å². The van der Waals surface area contributed by atoms with Crippen LogP contribution in [0.4, 0.5) is 23.1 Å². The van der Waals surface area contributed by atoms with Gasteiger partial charge in [0.1, 0.15) is 17.5 Å². The van der Waals surface area contributed by atoms with Crippen LogP contribution in [0, 0.1) is 0 Å². The van der Waals surface area contributed by atoms with Crippen molar-refractivity contribution in [1.82, 2.24) is 19.9 Å². The third-order valence-corrected chi connectivity index (χ3v) is 6.01. The number of nitrogens with zero attached hydrogens (tertiary/aromatic N) is 3. The van der Waals surface area contributed by atoms with Crippen molar-refractivity contribution in [2.45, 2.75) is 58.3 Å². The molecule has 3 aromatic heterocycles. The molecule has 7 nitrogen and oxygen atoms in total. The Morgan fingerprint density at radius 2 is 1.79 bits per heavy atom. The van der Waals surface area contributed by atoms with E-state index in [0.29, 0.717) is 28.8 Å². The van der Waals surface area contributed by atoms with Crippen LogP contribution in [-0.4, -0.2) is 19.9 Å². The number of aromatic amines is 1. The third-order valence-electron chi connectivity index (χ3n) is 6.01. The van der Waals surface area contributed by atoms with E-state index in [1.54, 1.807) is 24.8 Å². The summed E-state index contributed by atoms with van der Waals surface area (Å²) >= 11 is 0. The quantitative estimate of drug-likeness (QED) is 0.218. The summed E-state index contributed by atoms with van der Waals surface area (Å²) in [4.78, 5) is 28.4. The monoisotopic (exact) mass is 456 g/mol. The van der Waals surface area contributed by atoms with Gasteiger partial charge in [-0.1, -0.05) is 51.7 Å². The maximum atomic E-state index is 12.6. The van der Waals surface area contributed by atoms with Gasteiger partial charge in [-0.2, -0.15) is 0 Å². The van der Waals surface area contributed by atoms with Crippen molar-refractivity contribution in [3.63, 3.8) is 0 Å². The first-order chi connectivity index (χ1) is 16.7. The first-order valence-corrected chi connectivity index (χ1v) is 12.1. The Morgan fingerprint density at radius 3 is 2.53 bits per heavy atom. The number of unbranched alkanes of at least 4 members (excludes halogenated alkanes) is 2. The van der Waals surface area contributed by atoms with Gasteiger partial charge in [0.05, 0.1) is 11.6 Å². The Labute approximate surface area is 200 Å². The molecule has 3 N–H and O–H groups in total. The highest BCUT2D eigenvalue weighted by atomic mass is 16.1. The molecule has 0 amide bonds. The van der Waals surface area contributed by atoms with Gasteiger partial charge in [-0.3, -0.25) is 9.78 Å². The molecule has 0 saturated carbocycles. The van der Waals surface area contributed by atoms with E-state index in [1.165, 1.54) is 44.1 Å². The van der Waals surface area contributed by atoms with Crippen molar-refractivity contribution in [2.75, 3.05) is 10.6 Å². The van der Waals surface area contributed by atoms with E-state index in [1.807, 2.05) is 12.1 Å². The number of fused-ring (bicyclic) bond motifs is 1. The van der Waals surface area contributed by atoms with Crippen LogP contribution < -0.4 is 16.2 Å². The van der Waals surface area contributed by atoms with Crippen LogP contribution in [-0.2, 0) is 0 Å². The smallest absolute Gasteiger partial charge is 0.259 e. The van der Waals surface area contributed by atoms with Crippen molar-refractivity contribution in [1.29, 1.82) is 0 Å². The molecular weight excluding hydrogens is 424 g/mol. The maximum absolute atomic E-state index is 12.6. The molecule has 1 aromatic carbocycles. The van der Waals surface area contributed by atoms with Gasteiger partial charge in [-0.15, -0.1) is 0 Å². The van der Waals surface area contributed by atoms with Crippen molar-refractivity contribution < 1.29 is 0 Å². The molecule has 4 aromatic rings. The second-order valence-corrected chi connectivity index (χ2v) is 8.57. The Morgan fingerprint density at radius 1 is 0.941 bits per heavy atom. The summed E-state index contributed by atoms with van der Waals surface area (Å²) in [5.74, 6) is 2.25. The minimum atomic E-state index is -0.186. The molecule has 176 valence electrons. The molecule has 0 aliphatic carbocycles. The highest BCUT2D eigenvalue weighted by molar-refractivity contribution is 5.94. The third kappa shape index (κ3) is 5.78. The Bertz CT molecular complexity index is 1250. The number of aromatic nitrogens is 4. The summed E-state index contributed by atoms with van der Waals surface area (Å²) < 4.78 is 0. The van der Waals surface area contributed by atoms with Crippen molar-refractivity contribution >= 4 is 33.9 Å². The van der Waals surface area contributed by atoms with Gasteiger partial charge in [-0.05, 0) is 54.0 Å². The predicted octanol–water partition coefficient (Wildman–Crippen LogP) is 6.66. The first-order valence-electron chi connectivity index (χ1n) is 12.1. The van der Waals surface area contributed by atoms with Gasteiger partial charge in [0.25, 0.3) is 5.56 Å². The van der Waals surface area contributed by atoms with Crippen LogP contribution in [0.5, 0.6) is 0 Å². The Kier molecular flexibility index (Phi) is 7.86. The van der Waals surface area contributed by atoms with Gasteiger partial charge in [0, 0.05) is 24.3 Å². The average molecular weight is 457 g/mol. The molecule has 7 heteroatoms. The molecule has 3 heterocycles. The predicted molar refractivity (Wildman–Crippen MR) is 139 cm³/mol. The fraction of sp³-hybridized carbons (Fsp3) is 0.333. The number of hydrogen-bond donors (Lipinski definition) is 3. The fourth-order valence-corrected chi connectivity index (χ4v) is 4.31. The summed E-state index contributed by atoms with van der Waals surface area (Å²) in [5, 5.41) is 7.82. The van der Waals surface area contributed by atoms with Crippen LogP contribution in [0.15, 0.2) is 66.0 Å². The maximum Gasteiger partial charge on any atom is 0.259 e. The van der Waals surface area contributed by atoms with Gasteiger partial charge in [-0.25, -0.2) is 9.97 Å². The lowest BCUT2D eigenvalue weighted by Crippen LogP contribution is -2.10. The van der Waals surface area contributed by atoms with Gasteiger partial charge < -0.3 is 15.6 Å². The highest BCUT2D eigenvalue weighted by Gasteiger charge is 2.13. The van der Waals surface area contributed by atoms with Gasteiger partial charge in [0.15, 0.2) is 0 Å². The van der Waals surface area contributed by atoms with Crippen molar-refractivity contribution in [3.05, 3.63) is 77.1 Å². The molecular formula is C27H32N6O. The standard InChI is InChI=1S/C27H32N6O/c1-3-5-6-8-19(7-4-2)20-9-11-22(12-10-20)31-26-25-21(13-14-30-27(25)34)17-23(33-26)32-24-18-28-15-16-29-24/h9-19H,3-8H2,1-2H3,(H,30,34)(H2,29,31,32,33). The second-order valence-electron chi connectivity index (χ2n) is 8.57. The van der Waals surface area contributed by atoms with Crippen LogP contribution in [0.1, 0.15) is 63.9 Å². The fourth-order valence-electron chi connectivity index (χ4n) is 4.31. The summed E-state index contributed by atoms with van der Waals surface area (Å²) in [6, 6.07) is 12.2. The number of anilines is 4. The van der Waals surface area contributed by atoms with E-state index in [0.717, 1.165) is 11.1 Å². The molecule has 0 fully saturated rings. The SMILES string of the molecule is CCCCCC(CCC)c1ccc(Nc2nc(Nc3cnccn3)cc3cc[nH]c(=O)c23)cc1. The number of nitrogens with one attached hydrogen (secondary N) is 3. The summed E-state index contributed by atoms with van der Waals surface area (Å²) in [6.45, 7) is 4.50. The summed E-state index contributed by atoms with van der Waals surface area (Å²) in [7, 11) is 0. The molecule has 0 bridgehead atoms. The van der Waals surface area contributed by atoms with E-state index in [-0.39, 0.29) is 5.56 Å². The zero-order chi connectivity index (χ0) is 23.8. The van der Waals surface area contributed by atoms with Crippen LogP contribution in [0.3, 0.4) is 0 Å². The molecule has 0 spiro atoms. The number of hydrogen-bond acceptors (Lipinski definition) is 6. The van der Waals surface area contributed by atoms with E-state index >= 15 is 0 Å². The van der Waals surface area contributed by atoms with Gasteiger partial charge in [0.2, 0.25) is 0 Å². The number of benzene rings is 1. The minimum Gasteiger partial charge on any atom is -0.339 e. The molecule has 0 radical (unpaired) electrons. The van der Waals surface area contributed by atoms with Crippen LogP contribution in [0.2, 0.25) is 0 Å². The minimum absolute atomic E-state index is 0.186. The molecule has 0 saturated heterocycles. The summed E-state index contributed by atoms with van der Waals surface area (Å²) in [6.07, 6.45) is 13.9. The lowest BCUT2D eigenvalue weighted by molar-refractivity contribution is 0.529. The summed E-state index contributed by atoms with van der Waals surface area (Å²) in [5.41, 5.74) is 2.08. The molecule has 4 rings (SSSR count).